The Balaban J connectivity index is 3.03. The van der Waals surface area contributed by atoms with E-state index in [1.54, 1.807) is 30.3 Å². The number of aliphatic imine (C=N–C) groups is 1. The van der Waals surface area contributed by atoms with Crippen molar-refractivity contribution in [2.24, 2.45) is 4.99 Å². The van der Waals surface area contributed by atoms with E-state index in [0.717, 1.165) is 0 Å². The molecule has 96 valence electrons. The number of hydrogen-bond acceptors (Lipinski definition) is 2. The Kier molecular flexibility index (Phi) is 5.11. The molecule has 0 amide bonds. The minimum absolute atomic E-state index is 0.214. The molecule has 0 N–H and O–H groups in total. The molecule has 1 aromatic rings. The molecular weight excluding hydrogens is 253 g/mol. The molecule has 0 bridgehead atoms. The van der Waals surface area contributed by atoms with Gasteiger partial charge in [0.1, 0.15) is 11.7 Å². The first-order valence-electron chi connectivity index (χ1n) is 5.64. The van der Waals surface area contributed by atoms with Crippen LogP contribution in [0, 0.1) is 17.3 Å². The Morgan fingerprint density at radius 1 is 1.61 bits per heavy atom. The molecule has 0 aliphatic carbocycles. The van der Waals surface area contributed by atoms with Crippen LogP contribution in [0.2, 0.25) is 5.02 Å². The molecular formula is C13H15ClFN3. The number of halogens is 2. The highest BCUT2D eigenvalue weighted by Crippen LogP contribution is 2.25. The van der Waals surface area contributed by atoms with Crippen LogP contribution in [-0.2, 0) is 0 Å². The average Bonchev–Trinajstić information content (AvgIpc) is 2.34. The highest BCUT2D eigenvalue weighted by atomic mass is 35.5. The summed E-state index contributed by atoms with van der Waals surface area (Å²) in [6, 6.07) is 4.37. The van der Waals surface area contributed by atoms with Crippen molar-refractivity contribution in [1.29, 1.82) is 5.26 Å². The van der Waals surface area contributed by atoms with Gasteiger partial charge in [-0.2, -0.15) is 10.3 Å². The van der Waals surface area contributed by atoms with Crippen molar-refractivity contribution in [2.75, 3.05) is 7.05 Å². The molecule has 3 nitrogen and oxygen atoms in total. The molecule has 0 saturated heterocycles. The van der Waals surface area contributed by atoms with Gasteiger partial charge in [-0.3, -0.25) is 0 Å². The van der Waals surface area contributed by atoms with Crippen LogP contribution < -0.4 is 0 Å². The topological polar surface area (TPSA) is 39.4 Å². The molecule has 0 aliphatic heterocycles. The molecule has 0 unspecified atom stereocenters. The zero-order chi connectivity index (χ0) is 13.7. The minimum atomic E-state index is -0.353. The van der Waals surface area contributed by atoms with Crippen LogP contribution in [0.5, 0.6) is 0 Å². The van der Waals surface area contributed by atoms with Crippen molar-refractivity contribution in [3.63, 3.8) is 0 Å². The Morgan fingerprint density at radius 3 is 2.78 bits per heavy atom. The normalized spacial score (nSPS) is 13.0. The van der Waals surface area contributed by atoms with Crippen molar-refractivity contribution in [3.05, 3.63) is 34.6 Å². The lowest BCUT2D eigenvalue weighted by Gasteiger charge is -2.27. The number of hydrogen-bond donors (Lipinski definition) is 0. The highest BCUT2D eigenvalue weighted by Gasteiger charge is 2.18. The predicted octanol–water partition coefficient (Wildman–Crippen LogP) is 3.76. The van der Waals surface area contributed by atoms with Gasteiger partial charge < -0.3 is 4.90 Å². The van der Waals surface area contributed by atoms with Crippen molar-refractivity contribution >= 4 is 17.4 Å². The maximum atomic E-state index is 13.8. The Labute approximate surface area is 112 Å². The third-order valence-electron chi connectivity index (χ3n) is 2.90. The maximum absolute atomic E-state index is 13.8. The van der Waals surface area contributed by atoms with E-state index in [1.807, 2.05) is 13.8 Å². The summed E-state index contributed by atoms with van der Waals surface area (Å²) in [4.78, 5) is 5.52. The molecule has 0 saturated carbocycles. The molecule has 0 aliphatic rings. The molecule has 5 heteroatoms. The first-order chi connectivity index (χ1) is 8.51. The van der Waals surface area contributed by atoms with E-state index in [9.17, 15) is 4.39 Å². The standard InChI is InChI=1S/C13H15ClFN3/c1-4-13(17-8-16)18(3)9(2)11-6-5-10(14)7-12(11)15/h5-7,9H,4H2,1-3H3/t9-/m0/s1. The molecule has 0 fully saturated rings. The van der Waals surface area contributed by atoms with Crippen molar-refractivity contribution in [2.45, 2.75) is 26.3 Å². The average molecular weight is 268 g/mol. The van der Waals surface area contributed by atoms with Gasteiger partial charge in [-0.1, -0.05) is 24.6 Å². The molecule has 18 heavy (non-hydrogen) atoms. The van der Waals surface area contributed by atoms with Gasteiger partial charge in [-0.15, -0.1) is 0 Å². The number of rotatable bonds is 3. The monoisotopic (exact) mass is 267 g/mol. The Morgan fingerprint density at radius 2 is 2.28 bits per heavy atom. The smallest absolute Gasteiger partial charge is 0.207 e. The van der Waals surface area contributed by atoms with Crippen LogP contribution in [0.1, 0.15) is 31.9 Å². The lowest BCUT2D eigenvalue weighted by molar-refractivity contribution is 0.383. The third kappa shape index (κ3) is 3.21. The second-order valence-electron chi connectivity index (χ2n) is 3.93. The van der Waals surface area contributed by atoms with Gasteiger partial charge in [0, 0.05) is 24.1 Å². The number of nitrogens with zero attached hydrogens (tertiary/aromatic N) is 3. The predicted molar refractivity (Wildman–Crippen MR) is 70.9 cm³/mol. The zero-order valence-corrected chi connectivity index (χ0v) is 11.4. The van der Waals surface area contributed by atoms with Gasteiger partial charge in [0.15, 0.2) is 0 Å². The summed E-state index contributed by atoms with van der Waals surface area (Å²) in [6.07, 6.45) is 2.38. The first kappa shape index (κ1) is 14.5. The SMILES string of the molecule is CCC(=NC#N)N(C)[C@@H](C)c1ccc(Cl)cc1F. The van der Waals surface area contributed by atoms with E-state index in [1.165, 1.54) is 6.07 Å². The van der Waals surface area contributed by atoms with E-state index in [0.29, 0.717) is 22.8 Å². The molecule has 0 spiro atoms. The van der Waals surface area contributed by atoms with E-state index >= 15 is 0 Å². The minimum Gasteiger partial charge on any atom is -0.356 e. The lowest BCUT2D eigenvalue weighted by Crippen LogP contribution is -2.29. The fourth-order valence-electron chi connectivity index (χ4n) is 1.74. The van der Waals surface area contributed by atoms with Crippen LogP contribution >= 0.6 is 11.6 Å². The third-order valence-corrected chi connectivity index (χ3v) is 3.13. The van der Waals surface area contributed by atoms with Crippen LogP contribution in [-0.4, -0.2) is 17.8 Å². The Bertz CT molecular complexity index is 493. The van der Waals surface area contributed by atoms with Crippen LogP contribution in [0.4, 0.5) is 4.39 Å². The molecule has 0 aromatic heterocycles. The van der Waals surface area contributed by atoms with E-state index in [2.05, 4.69) is 4.99 Å². The van der Waals surface area contributed by atoms with Crippen molar-refractivity contribution in [3.8, 4) is 6.19 Å². The maximum Gasteiger partial charge on any atom is 0.207 e. The summed E-state index contributed by atoms with van der Waals surface area (Å²) in [5.41, 5.74) is 0.529. The lowest BCUT2D eigenvalue weighted by atomic mass is 10.1. The van der Waals surface area contributed by atoms with Gasteiger partial charge in [-0.05, 0) is 19.1 Å². The van der Waals surface area contributed by atoms with Gasteiger partial charge in [0.05, 0.1) is 6.04 Å². The van der Waals surface area contributed by atoms with Gasteiger partial charge in [0.2, 0.25) is 6.19 Å². The highest BCUT2D eigenvalue weighted by molar-refractivity contribution is 6.30. The van der Waals surface area contributed by atoms with Crippen LogP contribution in [0.25, 0.3) is 0 Å². The van der Waals surface area contributed by atoms with Crippen LogP contribution in [0.15, 0.2) is 23.2 Å². The second-order valence-corrected chi connectivity index (χ2v) is 4.37. The molecule has 1 atom stereocenters. The molecule has 1 rings (SSSR count). The number of amidine groups is 1. The zero-order valence-electron chi connectivity index (χ0n) is 10.6. The van der Waals surface area contributed by atoms with E-state index < -0.39 is 0 Å². The summed E-state index contributed by atoms with van der Waals surface area (Å²) in [7, 11) is 1.79. The fraction of sp³-hybridized carbons (Fsp3) is 0.385. The molecule has 1 aromatic carbocycles. The summed E-state index contributed by atoms with van der Waals surface area (Å²) in [6.45, 7) is 3.76. The van der Waals surface area contributed by atoms with Crippen molar-refractivity contribution in [1.82, 2.24) is 4.90 Å². The van der Waals surface area contributed by atoms with E-state index in [-0.39, 0.29) is 11.9 Å². The quantitative estimate of drug-likeness (QED) is 0.475. The van der Waals surface area contributed by atoms with Gasteiger partial charge in [0.25, 0.3) is 0 Å². The van der Waals surface area contributed by atoms with Gasteiger partial charge in [-0.25, -0.2) is 4.39 Å². The molecule has 0 radical (unpaired) electrons. The fourth-order valence-corrected chi connectivity index (χ4v) is 1.90. The van der Waals surface area contributed by atoms with E-state index in [4.69, 9.17) is 16.9 Å². The summed E-state index contributed by atoms with van der Waals surface area (Å²) in [5, 5.41) is 8.97. The number of benzene rings is 1. The van der Waals surface area contributed by atoms with Crippen molar-refractivity contribution < 1.29 is 4.39 Å². The summed E-state index contributed by atoms with van der Waals surface area (Å²) < 4.78 is 13.8. The van der Waals surface area contributed by atoms with Gasteiger partial charge >= 0.3 is 0 Å². The Hall–Kier alpha value is -1.60. The largest absolute Gasteiger partial charge is 0.356 e. The molecule has 0 heterocycles. The second kappa shape index (κ2) is 6.36. The summed E-state index contributed by atoms with van der Waals surface area (Å²) >= 11 is 5.72. The summed E-state index contributed by atoms with van der Waals surface area (Å²) in [5.74, 6) is 0.272. The first-order valence-corrected chi connectivity index (χ1v) is 6.02. The number of nitriles is 1. The van der Waals surface area contributed by atoms with Crippen LogP contribution in [0.3, 0.4) is 0 Å².